The number of nitrogens with one attached hydrogen (secondary N) is 1. The third-order valence-electron chi connectivity index (χ3n) is 3.60. The lowest BCUT2D eigenvalue weighted by Gasteiger charge is -2.10. The van der Waals surface area contributed by atoms with Crippen LogP contribution in [0, 0.1) is 17.0 Å². The van der Waals surface area contributed by atoms with Crippen molar-refractivity contribution in [1.82, 2.24) is 0 Å². The summed E-state index contributed by atoms with van der Waals surface area (Å²) in [5, 5.41) is 13.1. The van der Waals surface area contributed by atoms with Crippen LogP contribution in [-0.2, 0) is 20.5 Å². The van der Waals surface area contributed by atoms with E-state index in [1.165, 1.54) is 11.8 Å². The molecular formula is C18H15F3N2O5S. The Bertz CT molecular complexity index is 934. The topological polar surface area (TPSA) is 98.5 Å². The number of rotatable bonds is 7. The lowest BCUT2D eigenvalue weighted by molar-refractivity contribution is -0.384. The summed E-state index contributed by atoms with van der Waals surface area (Å²) in [6.07, 6.45) is -4.77. The summed E-state index contributed by atoms with van der Waals surface area (Å²) in [6.45, 7) is 1.14. The van der Waals surface area contributed by atoms with Crippen molar-refractivity contribution >= 4 is 35.0 Å². The van der Waals surface area contributed by atoms with Crippen molar-refractivity contribution in [3.63, 3.8) is 0 Å². The highest BCUT2D eigenvalue weighted by Crippen LogP contribution is 2.34. The molecule has 1 N–H and O–H groups in total. The van der Waals surface area contributed by atoms with Crippen molar-refractivity contribution in [2.24, 2.45) is 0 Å². The Morgan fingerprint density at radius 2 is 1.90 bits per heavy atom. The summed E-state index contributed by atoms with van der Waals surface area (Å²) < 4.78 is 42.9. The van der Waals surface area contributed by atoms with Crippen molar-refractivity contribution in [2.45, 2.75) is 18.0 Å². The molecular weight excluding hydrogens is 413 g/mol. The zero-order chi connectivity index (χ0) is 21.6. The van der Waals surface area contributed by atoms with Gasteiger partial charge in [-0.15, -0.1) is 11.8 Å². The van der Waals surface area contributed by atoms with Gasteiger partial charge in [0.25, 0.3) is 11.6 Å². The number of carbonyl (C=O) groups is 2. The van der Waals surface area contributed by atoms with E-state index in [0.717, 1.165) is 16.5 Å². The van der Waals surface area contributed by atoms with Crippen molar-refractivity contribution < 1.29 is 32.4 Å². The number of hydrogen-bond donors (Lipinski definition) is 1. The molecule has 0 unspecified atom stereocenters. The van der Waals surface area contributed by atoms with E-state index < -0.39 is 46.5 Å². The number of anilines is 1. The first-order chi connectivity index (χ1) is 13.6. The summed E-state index contributed by atoms with van der Waals surface area (Å²) in [5.74, 6) is -1.66. The number of nitrogens with zero attached hydrogens (tertiary/aromatic N) is 1. The number of thioether (sulfide) groups is 1. The Balaban J connectivity index is 1.92. The number of esters is 1. The fourth-order valence-electron chi connectivity index (χ4n) is 2.19. The van der Waals surface area contributed by atoms with Crippen molar-refractivity contribution in [3.05, 3.63) is 63.7 Å². The Kier molecular flexibility index (Phi) is 7.21. The van der Waals surface area contributed by atoms with Crippen molar-refractivity contribution in [2.75, 3.05) is 17.7 Å². The maximum absolute atomic E-state index is 12.7. The summed E-state index contributed by atoms with van der Waals surface area (Å²) in [6, 6.07) is 9.05. The number of halogens is 3. The minimum atomic E-state index is -4.77. The molecule has 0 aliphatic heterocycles. The van der Waals surface area contributed by atoms with Crippen LogP contribution < -0.4 is 5.32 Å². The third-order valence-corrected chi connectivity index (χ3v) is 4.75. The largest absolute Gasteiger partial charge is 0.455 e. The maximum Gasteiger partial charge on any atom is 0.416 e. The van der Waals surface area contributed by atoms with Crippen LogP contribution in [0.3, 0.4) is 0 Å². The van der Waals surface area contributed by atoms with Crippen LogP contribution in [0.2, 0.25) is 0 Å². The van der Waals surface area contributed by atoms with Gasteiger partial charge in [-0.3, -0.25) is 19.7 Å². The van der Waals surface area contributed by atoms with Gasteiger partial charge in [-0.2, -0.15) is 13.2 Å². The van der Waals surface area contributed by atoms with E-state index in [9.17, 15) is 32.9 Å². The average molecular weight is 428 g/mol. The molecule has 0 fully saturated rings. The summed E-state index contributed by atoms with van der Waals surface area (Å²) >= 11 is 1.22. The van der Waals surface area contributed by atoms with E-state index >= 15 is 0 Å². The molecule has 1 amide bonds. The lowest BCUT2D eigenvalue weighted by atomic mass is 10.1. The van der Waals surface area contributed by atoms with Gasteiger partial charge in [-0.1, -0.05) is 18.2 Å². The van der Waals surface area contributed by atoms with Crippen LogP contribution in [0.5, 0.6) is 0 Å². The minimum Gasteiger partial charge on any atom is -0.455 e. The molecule has 0 radical (unpaired) electrons. The zero-order valence-electron chi connectivity index (χ0n) is 15.0. The summed E-state index contributed by atoms with van der Waals surface area (Å²) in [5.41, 5.74) is -1.60. The molecule has 0 aliphatic carbocycles. The third kappa shape index (κ3) is 6.49. The van der Waals surface area contributed by atoms with Crippen LogP contribution in [0.1, 0.15) is 11.1 Å². The van der Waals surface area contributed by atoms with E-state index in [-0.39, 0.29) is 5.75 Å². The van der Waals surface area contributed by atoms with Crippen LogP contribution in [0.25, 0.3) is 0 Å². The number of carbonyl (C=O) groups excluding carboxylic acids is 2. The highest BCUT2D eigenvalue weighted by Gasteiger charge is 2.33. The predicted octanol–water partition coefficient (Wildman–Crippen LogP) is 4.20. The molecule has 2 aromatic carbocycles. The minimum absolute atomic E-state index is 0.0570. The number of aryl methyl sites for hydroxylation is 1. The maximum atomic E-state index is 12.7. The monoisotopic (exact) mass is 428 g/mol. The van der Waals surface area contributed by atoms with E-state index in [1.807, 2.05) is 31.2 Å². The molecule has 0 bridgehead atoms. The molecule has 0 saturated heterocycles. The van der Waals surface area contributed by atoms with Crippen molar-refractivity contribution in [1.29, 1.82) is 0 Å². The Labute approximate surface area is 167 Å². The molecule has 0 atom stereocenters. The number of hydrogen-bond acceptors (Lipinski definition) is 6. The first-order valence-electron chi connectivity index (χ1n) is 8.07. The summed E-state index contributed by atoms with van der Waals surface area (Å²) in [4.78, 5) is 34.4. The highest BCUT2D eigenvalue weighted by atomic mass is 32.2. The van der Waals surface area contributed by atoms with Gasteiger partial charge in [-0.05, 0) is 30.7 Å². The van der Waals surface area contributed by atoms with Crippen molar-refractivity contribution in [3.8, 4) is 0 Å². The van der Waals surface area contributed by atoms with Crippen LogP contribution >= 0.6 is 11.8 Å². The quantitative estimate of drug-likeness (QED) is 0.307. The molecule has 0 heterocycles. The number of ether oxygens (including phenoxy) is 1. The number of nitro groups is 1. The smallest absolute Gasteiger partial charge is 0.416 e. The Morgan fingerprint density at radius 3 is 2.52 bits per heavy atom. The van der Waals surface area contributed by atoms with Crippen LogP contribution in [-0.4, -0.2) is 29.2 Å². The van der Waals surface area contributed by atoms with Gasteiger partial charge in [0, 0.05) is 11.0 Å². The molecule has 0 saturated carbocycles. The van der Waals surface area contributed by atoms with E-state index in [2.05, 4.69) is 5.32 Å². The number of benzene rings is 2. The molecule has 2 aromatic rings. The Hall–Kier alpha value is -3.08. The highest BCUT2D eigenvalue weighted by molar-refractivity contribution is 8.00. The van der Waals surface area contributed by atoms with Gasteiger partial charge in [0.2, 0.25) is 0 Å². The van der Waals surface area contributed by atoms with E-state index in [0.29, 0.717) is 12.1 Å². The fourth-order valence-corrected chi connectivity index (χ4v) is 3.02. The zero-order valence-corrected chi connectivity index (χ0v) is 15.8. The number of alkyl halides is 3. The molecule has 29 heavy (non-hydrogen) atoms. The van der Waals surface area contributed by atoms with Gasteiger partial charge in [0.1, 0.15) is 5.69 Å². The first-order valence-corrected chi connectivity index (χ1v) is 9.06. The average Bonchev–Trinajstić information content (AvgIpc) is 2.65. The molecule has 154 valence electrons. The normalized spacial score (nSPS) is 11.0. The lowest BCUT2D eigenvalue weighted by Crippen LogP contribution is -2.22. The molecule has 0 aromatic heterocycles. The van der Waals surface area contributed by atoms with Gasteiger partial charge < -0.3 is 10.1 Å². The first kappa shape index (κ1) is 22.2. The SMILES string of the molecule is Cc1ccccc1SCC(=O)OCC(=O)Nc1ccc(C(F)(F)F)cc1[N+](=O)[O-]. The summed E-state index contributed by atoms with van der Waals surface area (Å²) in [7, 11) is 0. The molecule has 0 spiro atoms. The van der Waals surface area contributed by atoms with Crippen LogP contribution in [0.15, 0.2) is 47.4 Å². The molecule has 7 nitrogen and oxygen atoms in total. The second-order valence-corrected chi connectivity index (χ2v) is 6.77. The number of nitro benzene ring substituents is 1. The fraction of sp³-hybridized carbons (Fsp3) is 0.222. The van der Waals surface area contributed by atoms with E-state index in [4.69, 9.17) is 4.74 Å². The number of amides is 1. The van der Waals surface area contributed by atoms with Gasteiger partial charge in [0.05, 0.1) is 16.2 Å². The van der Waals surface area contributed by atoms with Gasteiger partial charge in [-0.25, -0.2) is 0 Å². The second-order valence-electron chi connectivity index (χ2n) is 5.75. The van der Waals surface area contributed by atoms with Gasteiger partial charge in [0.15, 0.2) is 6.61 Å². The second kappa shape index (κ2) is 9.41. The standard InChI is InChI=1S/C18H15F3N2O5S/c1-11-4-2-3-5-15(11)29-10-17(25)28-9-16(24)22-13-7-6-12(18(19,20)21)8-14(13)23(26)27/h2-8H,9-10H2,1H3,(H,22,24). The molecule has 11 heteroatoms. The molecule has 0 aliphatic rings. The predicted molar refractivity (Wildman–Crippen MR) is 99.6 cm³/mol. The molecule has 2 rings (SSSR count). The van der Waals surface area contributed by atoms with Gasteiger partial charge >= 0.3 is 12.1 Å². The van der Waals surface area contributed by atoms with Crippen LogP contribution in [0.4, 0.5) is 24.5 Å². The van der Waals surface area contributed by atoms with E-state index in [1.54, 1.807) is 0 Å². The Morgan fingerprint density at radius 1 is 1.21 bits per heavy atom.